The van der Waals surface area contributed by atoms with Crippen molar-refractivity contribution >= 4 is 0 Å². The van der Waals surface area contributed by atoms with Crippen LogP contribution >= 0.6 is 0 Å². The van der Waals surface area contributed by atoms with E-state index in [1.807, 2.05) is 0 Å². The van der Waals surface area contributed by atoms with E-state index in [0.717, 1.165) is 0 Å². The largest absolute Gasteiger partial charge is 0.0885 e. The highest BCUT2D eigenvalue weighted by molar-refractivity contribution is 4.85. The van der Waals surface area contributed by atoms with Gasteiger partial charge in [-0.2, -0.15) is 0 Å². The van der Waals surface area contributed by atoms with Gasteiger partial charge in [0.2, 0.25) is 0 Å². The molecule has 0 N–H and O–H groups in total. The Balaban J connectivity index is 2.18. The van der Waals surface area contributed by atoms with Crippen LogP contribution in [0.15, 0.2) is 18.2 Å². The summed E-state index contributed by atoms with van der Waals surface area (Å²) < 4.78 is 0. The molecule has 0 heterocycles. The van der Waals surface area contributed by atoms with Crippen molar-refractivity contribution in [2.24, 2.45) is 0 Å². The molecular weight excluding hydrogens is 156 g/mol. The first-order valence-corrected chi connectivity index (χ1v) is 5.70. The lowest BCUT2D eigenvalue weighted by atomic mass is 10.1. The summed E-state index contributed by atoms with van der Waals surface area (Å²) in [4.78, 5) is 0. The number of allylic oxidation sites excluding steroid dienone is 4. The molecule has 1 aliphatic rings. The average Bonchev–Trinajstić information content (AvgIpc) is 2.18. The van der Waals surface area contributed by atoms with Gasteiger partial charge in [0.15, 0.2) is 0 Å². The van der Waals surface area contributed by atoms with Crippen LogP contribution < -0.4 is 0 Å². The summed E-state index contributed by atoms with van der Waals surface area (Å²) in [5.41, 5.74) is 0. The topological polar surface area (TPSA) is 0 Å². The van der Waals surface area contributed by atoms with Crippen molar-refractivity contribution in [3.05, 3.63) is 24.3 Å². The van der Waals surface area contributed by atoms with Crippen LogP contribution in [0.5, 0.6) is 0 Å². The van der Waals surface area contributed by atoms with Gasteiger partial charge in [-0.3, -0.25) is 0 Å². The van der Waals surface area contributed by atoms with E-state index in [-0.39, 0.29) is 0 Å². The van der Waals surface area contributed by atoms with Crippen molar-refractivity contribution in [3.8, 4) is 0 Å². The smallest absolute Gasteiger partial charge is 0.0279 e. The minimum atomic E-state index is 1.17. The zero-order chi connectivity index (χ0) is 9.19. The van der Waals surface area contributed by atoms with Gasteiger partial charge in [0.1, 0.15) is 0 Å². The van der Waals surface area contributed by atoms with Crippen LogP contribution in [-0.4, -0.2) is 0 Å². The summed E-state index contributed by atoms with van der Waals surface area (Å²) in [6, 6.07) is 0. The van der Waals surface area contributed by atoms with Crippen molar-refractivity contribution in [2.45, 2.75) is 57.8 Å². The molecule has 0 spiro atoms. The van der Waals surface area contributed by atoms with Gasteiger partial charge >= 0.3 is 0 Å². The fourth-order valence-corrected chi connectivity index (χ4v) is 1.64. The van der Waals surface area contributed by atoms with Crippen LogP contribution in [-0.2, 0) is 0 Å². The van der Waals surface area contributed by atoms with Crippen LogP contribution in [0.2, 0.25) is 0 Å². The second-order valence-corrected chi connectivity index (χ2v) is 3.76. The molecule has 1 aliphatic carbocycles. The van der Waals surface area contributed by atoms with E-state index in [4.69, 9.17) is 0 Å². The van der Waals surface area contributed by atoms with Gasteiger partial charge in [0.25, 0.3) is 0 Å². The Bertz CT molecular complexity index is 135. The van der Waals surface area contributed by atoms with Gasteiger partial charge in [-0.1, -0.05) is 37.5 Å². The zero-order valence-electron chi connectivity index (χ0n) is 8.60. The van der Waals surface area contributed by atoms with Crippen LogP contribution in [0.4, 0.5) is 0 Å². The van der Waals surface area contributed by atoms with E-state index in [2.05, 4.69) is 24.3 Å². The third-order valence-electron chi connectivity index (χ3n) is 2.48. The third kappa shape index (κ3) is 6.62. The Morgan fingerprint density at radius 3 is 2.46 bits per heavy atom. The lowest BCUT2D eigenvalue weighted by Gasteiger charge is -1.97. The second-order valence-electron chi connectivity index (χ2n) is 3.76. The highest BCUT2D eigenvalue weighted by Crippen LogP contribution is 2.09. The molecule has 1 rings (SSSR count). The third-order valence-corrected chi connectivity index (χ3v) is 2.48. The highest BCUT2D eigenvalue weighted by Gasteiger charge is 1.90. The predicted molar refractivity (Wildman–Crippen MR) is 58.5 cm³/mol. The van der Waals surface area contributed by atoms with E-state index in [0.29, 0.717) is 0 Å². The van der Waals surface area contributed by atoms with E-state index in [1.165, 1.54) is 57.8 Å². The van der Waals surface area contributed by atoms with Gasteiger partial charge in [-0.25, -0.2) is 0 Å². The SMILES string of the molecule is [C]1=CCCC=CCCCCCCC1. The summed E-state index contributed by atoms with van der Waals surface area (Å²) in [7, 11) is 0. The quantitative estimate of drug-likeness (QED) is 0.480. The van der Waals surface area contributed by atoms with Crippen molar-refractivity contribution in [1.29, 1.82) is 0 Å². The van der Waals surface area contributed by atoms with Gasteiger partial charge in [-0.15, -0.1) is 0 Å². The highest BCUT2D eigenvalue weighted by atomic mass is 14.0. The van der Waals surface area contributed by atoms with Crippen molar-refractivity contribution in [2.75, 3.05) is 0 Å². The monoisotopic (exact) mass is 177 g/mol. The van der Waals surface area contributed by atoms with E-state index >= 15 is 0 Å². The van der Waals surface area contributed by atoms with Crippen molar-refractivity contribution < 1.29 is 0 Å². The molecule has 0 saturated carbocycles. The normalized spacial score (nSPS) is 21.5. The molecule has 0 bridgehead atoms. The fraction of sp³-hybridized carbons (Fsp3) is 0.692. The maximum Gasteiger partial charge on any atom is -0.0279 e. The van der Waals surface area contributed by atoms with Crippen LogP contribution in [0, 0.1) is 6.08 Å². The number of hydrogen-bond acceptors (Lipinski definition) is 0. The summed E-state index contributed by atoms with van der Waals surface area (Å²) in [5.74, 6) is 0. The van der Waals surface area contributed by atoms with Crippen LogP contribution in [0.1, 0.15) is 57.8 Å². The first-order chi connectivity index (χ1) is 6.50. The number of rotatable bonds is 0. The average molecular weight is 177 g/mol. The molecule has 0 unspecified atom stereocenters. The Morgan fingerprint density at radius 1 is 0.692 bits per heavy atom. The molecule has 0 amide bonds. The summed E-state index contributed by atoms with van der Waals surface area (Å²) >= 11 is 0. The van der Waals surface area contributed by atoms with Crippen molar-refractivity contribution in [3.63, 3.8) is 0 Å². The first-order valence-electron chi connectivity index (χ1n) is 5.70. The molecule has 0 aliphatic heterocycles. The van der Waals surface area contributed by atoms with E-state index < -0.39 is 0 Å². The minimum Gasteiger partial charge on any atom is -0.0885 e. The molecule has 0 atom stereocenters. The van der Waals surface area contributed by atoms with E-state index in [9.17, 15) is 0 Å². The predicted octanol–water partition coefficient (Wildman–Crippen LogP) is 4.43. The van der Waals surface area contributed by atoms with Crippen molar-refractivity contribution in [1.82, 2.24) is 0 Å². The Labute approximate surface area is 82.7 Å². The van der Waals surface area contributed by atoms with Gasteiger partial charge in [0, 0.05) is 0 Å². The minimum absolute atomic E-state index is 1.17. The molecular formula is C13H21. The van der Waals surface area contributed by atoms with Gasteiger partial charge < -0.3 is 0 Å². The fourth-order valence-electron chi connectivity index (χ4n) is 1.64. The summed E-state index contributed by atoms with van der Waals surface area (Å²) in [5, 5.41) is 0. The summed E-state index contributed by atoms with van der Waals surface area (Å²) in [6.45, 7) is 0. The second kappa shape index (κ2) is 8.10. The maximum absolute atomic E-state index is 3.36. The standard InChI is InChI=1S/C13H21/c1-2-4-6-8-10-12-13-11-9-7-5-3-1/h1-2,7H,3-6,8,10-13H2. The zero-order valence-corrected chi connectivity index (χ0v) is 8.60. The van der Waals surface area contributed by atoms with Gasteiger partial charge in [-0.05, 0) is 44.6 Å². The lowest BCUT2D eigenvalue weighted by molar-refractivity contribution is 0.619. The molecule has 0 aromatic rings. The van der Waals surface area contributed by atoms with E-state index in [1.54, 1.807) is 0 Å². The molecule has 0 fully saturated rings. The lowest BCUT2D eigenvalue weighted by Crippen LogP contribution is -1.77. The molecule has 13 heavy (non-hydrogen) atoms. The molecule has 73 valence electrons. The molecule has 0 nitrogen and oxygen atoms in total. The molecule has 0 aromatic heterocycles. The molecule has 0 aromatic carbocycles. The molecule has 0 saturated heterocycles. The summed E-state index contributed by atoms with van der Waals surface area (Å²) in [6.07, 6.45) is 22.0. The maximum atomic E-state index is 3.36. The van der Waals surface area contributed by atoms with Gasteiger partial charge in [0.05, 0.1) is 0 Å². The molecule has 1 radical (unpaired) electrons. The molecule has 0 heteroatoms. The first kappa shape index (κ1) is 10.6. The Hall–Kier alpha value is -0.520. The Kier molecular flexibility index (Phi) is 6.58. The number of hydrogen-bond donors (Lipinski definition) is 0. The van der Waals surface area contributed by atoms with Crippen LogP contribution in [0.25, 0.3) is 0 Å². The Morgan fingerprint density at radius 2 is 1.46 bits per heavy atom. The van der Waals surface area contributed by atoms with Crippen LogP contribution in [0.3, 0.4) is 0 Å².